The van der Waals surface area contributed by atoms with Crippen LogP contribution in [0.15, 0.2) is 66.9 Å². The zero-order valence-corrected chi connectivity index (χ0v) is 35.7. The normalized spacial score (nSPS) is 19.1. The van der Waals surface area contributed by atoms with E-state index >= 15 is 0 Å². The number of nitrogens with one attached hydrogen (secondary N) is 4. The third kappa shape index (κ3) is 8.90. The Morgan fingerprint density at radius 3 is 2.38 bits per heavy atom. The molecule has 314 valence electrons. The van der Waals surface area contributed by atoms with Crippen molar-refractivity contribution in [3.63, 3.8) is 0 Å². The third-order valence-electron chi connectivity index (χ3n) is 11.8. The number of methoxy groups -OCH3 is 1. The molecule has 4 aliphatic heterocycles. The number of halogens is 1. The number of piperazine rings is 1. The summed E-state index contributed by atoms with van der Waals surface area (Å²) < 4.78 is 5.83. The minimum Gasteiger partial charge on any atom is -0.494 e. The summed E-state index contributed by atoms with van der Waals surface area (Å²) in [5.41, 5.74) is 4.16. The molecule has 0 saturated carbocycles. The minimum atomic E-state index is -0.974. The van der Waals surface area contributed by atoms with Gasteiger partial charge in [0.25, 0.3) is 11.8 Å². The van der Waals surface area contributed by atoms with Crippen molar-refractivity contribution in [1.29, 1.82) is 0 Å². The average Bonchev–Trinajstić information content (AvgIpc) is 3.50. The summed E-state index contributed by atoms with van der Waals surface area (Å²) in [6, 6.07) is 19.1. The van der Waals surface area contributed by atoms with Crippen molar-refractivity contribution in [2.24, 2.45) is 0 Å². The van der Waals surface area contributed by atoms with Gasteiger partial charge in [-0.3, -0.25) is 39.2 Å². The van der Waals surface area contributed by atoms with Crippen LogP contribution in [-0.2, 0) is 9.59 Å². The van der Waals surface area contributed by atoms with Crippen LogP contribution in [0.2, 0.25) is 5.02 Å². The van der Waals surface area contributed by atoms with Crippen LogP contribution in [0.5, 0.6) is 5.75 Å². The van der Waals surface area contributed by atoms with E-state index in [0.29, 0.717) is 35.1 Å². The molecule has 1 unspecified atom stereocenters. The van der Waals surface area contributed by atoms with Crippen LogP contribution in [-0.4, -0.2) is 133 Å². The molecule has 0 radical (unpaired) electrons. The number of amides is 4. The minimum absolute atomic E-state index is 0.0912. The fraction of sp³-hybridized carbons (Fsp3) is 0.395. The highest BCUT2D eigenvalue weighted by atomic mass is 35.5. The second-order valence-corrected chi connectivity index (χ2v) is 18.3. The second-order valence-electron chi connectivity index (χ2n) is 15.7. The van der Waals surface area contributed by atoms with Gasteiger partial charge in [0.2, 0.25) is 17.8 Å². The lowest BCUT2D eigenvalue weighted by atomic mass is 10.0. The van der Waals surface area contributed by atoms with Crippen molar-refractivity contribution in [1.82, 2.24) is 30.0 Å². The zero-order chi connectivity index (χ0) is 41.9. The molecule has 15 nitrogen and oxygen atoms in total. The van der Waals surface area contributed by atoms with Crippen molar-refractivity contribution in [3.05, 3.63) is 83.0 Å². The number of carbonyl (C=O) groups excluding carboxylic acids is 4. The van der Waals surface area contributed by atoms with Crippen LogP contribution in [0.25, 0.3) is 0 Å². The number of aromatic nitrogens is 2. The van der Waals surface area contributed by atoms with Gasteiger partial charge in [-0.25, -0.2) is 4.98 Å². The molecule has 4 aliphatic rings. The molecule has 5 heterocycles. The highest BCUT2D eigenvalue weighted by Gasteiger charge is 2.44. The summed E-state index contributed by atoms with van der Waals surface area (Å²) in [6.45, 7) is 11.9. The fourth-order valence-electron chi connectivity index (χ4n) is 8.49. The maximum atomic E-state index is 13.2. The number of ether oxygens (including phenoxy) is 1. The first-order valence-electron chi connectivity index (χ1n) is 20.4. The van der Waals surface area contributed by atoms with E-state index in [4.69, 9.17) is 21.3 Å². The largest absolute Gasteiger partial charge is 0.494 e. The number of imide groups is 2. The average molecular weight is 853 g/mol. The molecule has 3 saturated heterocycles. The van der Waals surface area contributed by atoms with Gasteiger partial charge in [0.05, 0.1) is 30.1 Å². The number of nitrogens with zero attached hydrogens (tertiary/aromatic N) is 6. The number of piperidine rings is 2. The van der Waals surface area contributed by atoms with E-state index in [1.807, 2.05) is 24.3 Å². The first-order chi connectivity index (χ1) is 29.1. The Morgan fingerprint density at radius 1 is 0.867 bits per heavy atom. The van der Waals surface area contributed by atoms with Gasteiger partial charge >= 0.3 is 0 Å². The van der Waals surface area contributed by atoms with E-state index in [1.165, 1.54) is 5.30 Å². The molecule has 0 spiro atoms. The third-order valence-corrected chi connectivity index (χ3v) is 13.4. The highest BCUT2D eigenvalue weighted by molar-refractivity contribution is 7.64. The summed E-state index contributed by atoms with van der Waals surface area (Å²) in [5.74, 6) is -0.354. The van der Waals surface area contributed by atoms with Gasteiger partial charge in [-0.1, -0.05) is 37.7 Å². The van der Waals surface area contributed by atoms with Gasteiger partial charge in [0.15, 0.2) is 5.82 Å². The first-order valence-corrected chi connectivity index (χ1v) is 23.0. The number of hydrogen-bond acceptors (Lipinski definition) is 13. The van der Waals surface area contributed by atoms with E-state index in [-0.39, 0.29) is 31.9 Å². The Hall–Kier alpha value is -5.34. The van der Waals surface area contributed by atoms with Crippen molar-refractivity contribution in [3.8, 4) is 5.75 Å². The SMILES string of the molecule is COc1cc(N2CCC(N3CCN(CCNc4ccc5c(c4)C(=O)N(C4CCC(=O)NC4=O)C5=O)CC3)CC2)ccc1Nc1ncc(Cl)c(Nc2ccccc2P(C)C)n1. The van der Waals surface area contributed by atoms with Gasteiger partial charge < -0.3 is 25.6 Å². The molecule has 1 atom stereocenters. The molecule has 8 rings (SSSR count). The topological polar surface area (TPSA) is 164 Å². The van der Waals surface area contributed by atoms with Crippen LogP contribution >= 0.6 is 19.5 Å². The monoisotopic (exact) mass is 852 g/mol. The van der Waals surface area contributed by atoms with Crippen molar-refractivity contribution < 1.29 is 23.9 Å². The molecule has 3 aromatic carbocycles. The van der Waals surface area contributed by atoms with Crippen LogP contribution in [0, 0.1) is 0 Å². The molecule has 4 aromatic rings. The Kier molecular flexibility index (Phi) is 12.5. The van der Waals surface area contributed by atoms with Crippen molar-refractivity contribution in [2.75, 3.05) is 93.6 Å². The Morgan fingerprint density at radius 2 is 1.63 bits per heavy atom. The molecular weight excluding hydrogens is 803 g/mol. The highest BCUT2D eigenvalue weighted by Crippen LogP contribution is 2.35. The van der Waals surface area contributed by atoms with Gasteiger partial charge in [0.1, 0.15) is 16.8 Å². The van der Waals surface area contributed by atoms with Crippen LogP contribution in [0.3, 0.4) is 0 Å². The second kappa shape index (κ2) is 18.1. The lowest BCUT2D eigenvalue weighted by Gasteiger charge is -2.43. The zero-order valence-electron chi connectivity index (χ0n) is 34.0. The number of rotatable bonds is 13. The van der Waals surface area contributed by atoms with E-state index < -0.39 is 29.7 Å². The molecule has 17 heteroatoms. The lowest BCUT2D eigenvalue weighted by molar-refractivity contribution is -0.136. The molecule has 4 amide bonds. The quantitative estimate of drug-likeness (QED) is 0.104. The maximum absolute atomic E-state index is 13.2. The van der Waals surface area contributed by atoms with Gasteiger partial charge in [-0.2, -0.15) is 4.98 Å². The van der Waals surface area contributed by atoms with Gasteiger partial charge in [-0.15, -0.1) is 0 Å². The van der Waals surface area contributed by atoms with Crippen LogP contribution in [0.4, 0.5) is 34.5 Å². The Balaban J connectivity index is 0.789. The molecule has 0 aliphatic carbocycles. The van der Waals surface area contributed by atoms with E-state index in [0.717, 1.165) is 86.3 Å². The number of benzene rings is 3. The maximum Gasteiger partial charge on any atom is 0.262 e. The number of carbonyl (C=O) groups is 4. The van der Waals surface area contributed by atoms with E-state index in [2.05, 4.69) is 72.5 Å². The predicted octanol–water partition coefficient (Wildman–Crippen LogP) is 5.09. The molecule has 4 N–H and O–H groups in total. The van der Waals surface area contributed by atoms with Crippen molar-refractivity contribution >= 4 is 83.0 Å². The molecule has 1 aromatic heterocycles. The summed E-state index contributed by atoms with van der Waals surface area (Å²) in [6.07, 6.45) is 3.99. The molecule has 0 bridgehead atoms. The standard InChI is InChI=1S/C43H50ClN10O5P/c1-59-36-25-29(9-11-33(36)48-43-46-26-32(44)39(50-43)47-34-6-4-5-7-37(34)60(2)3)52-17-14-28(15-18-52)53-22-20-51(21-23-53)19-16-45-27-8-10-30-31(24-27)42(58)54(41(30)57)35-12-13-38(55)49-40(35)56/h4-11,24-26,28,35,45H,12-23H2,1-3H3,(H,49,55,56)(H2,46,47,48,50). The molecule has 3 fully saturated rings. The van der Waals surface area contributed by atoms with Crippen molar-refractivity contribution in [2.45, 2.75) is 37.8 Å². The number of anilines is 6. The lowest BCUT2D eigenvalue weighted by Crippen LogP contribution is -2.54. The number of fused-ring (bicyclic) bond motifs is 1. The summed E-state index contributed by atoms with van der Waals surface area (Å²) in [4.78, 5) is 67.9. The number of para-hydroxylation sites is 1. The van der Waals surface area contributed by atoms with E-state index in [1.54, 1.807) is 31.5 Å². The molecular formula is C43H50ClN10O5P. The number of hydrogen-bond donors (Lipinski definition) is 4. The van der Waals surface area contributed by atoms with Gasteiger partial charge in [-0.05, 0) is 74.3 Å². The van der Waals surface area contributed by atoms with E-state index in [9.17, 15) is 19.2 Å². The Labute approximate surface area is 355 Å². The molecule has 60 heavy (non-hydrogen) atoms. The summed E-state index contributed by atoms with van der Waals surface area (Å²) in [5, 5.41) is 14.0. The predicted molar refractivity (Wildman–Crippen MR) is 236 cm³/mol. The van der Waals surface area contributed by atoms with Crippen LogP contribution < -0.4 is 36.2 Å². The summed E-state index contributed by atoms with van der Waals surface area (Å²) in [7, 11) is 1.35. The van der Waals surface area contributed by atoms with Crippen LogP contribution in [0.1, 0.15) is 46.4 Å². The Bertz CT molecular complexity index is 2280. The first kappa shape index (κ1) is 41.4. The fourth-order valence-corrected chi connectivity index (χ4v) is 9.63. The summed E-state index contributed by atoms with van der Waals surface area (Å²) >= 11 is 6.52. The smallest absolute Gasteiger partial charge is 0.262 e. The van der Waals surface area contributed by atoms with Gasteiger partial charge in [0, 0.05) is 87.9 Å².